The maximum Gasteiger partial charge on any atom is 0.261 e. The molecule has 0 aliphatic rings. The highest BCUT2D eigenvalue weighted by Gasteiger charge is 2.15. The fourth-order valence-electron chi connectivity index (χ4n) is 2.45. The maximum absolute atomic E-state index is 12.2. The first-order valence-corrected chi connectivity index (χ1v) is 8.66. The topological polar surface area (TPSA) is 41.6 Å². The lowest BCUT2D eigenvalue weighted by molar-refractivity contribution is -0.127. The summed E-state index contributed by atoms with van der Waals surface area (Å²) in [5, 5.41) is 3.56. The number of benzene rings is 2. The minimum Gasteiger partial charge on any atom is -0.481 e. The molecule has 0 fully saturated rings. The lowest BCUT2D eigenvalue weighted by atomic mass is 10.1. The van der Waals surface area contributed by atoms with Gasteiger partial charge in [0.2, 0.25) is 0 Å². The number of nitrogens with one attached hydrogen (secondary N) is 1. The highest BCUT2D eigenvalue weighted by Crippen LogP contribution is 2.22. The van der Waals surface area contributed by atoms with Crippen molar-refractivity contribution < 1.29 is 9.53 Å². The predicted octanol–water partition coefficient (Wildman–Crippen LogP) is 3.79. The molecule has 1 atom stereocenters. The van der Waals surface area contributed by atoms with E-state index in [9.17, 15) is 4.79 Å². The standard InChI is InChI=1S/C20H25ClN2O2/c1-14-11-18(21)9-10-19(14)25-15(2)20(24)22-12-16-5-7-17(8-6-16)13-23(3)4/h5-11,15H,12-13H2,1-4H3,(H,22,24). The highest BCUT2D eigenvalue weighted by atomic mass is 35.5. The highest BCUT2D eigenvalue weighted by molar-refractivity contribution is 6.30. The largest absolute Gasteiger partial charge is 0.481 e. The van der Waals surface area contributed by atoms with E-state index in [0.717, 1.165) is 17.7 Å². The van der Waals surface area contributed by atoms with Gasteiger partial charge in [0.15, 0.2) is 6.10 Å². The van der Waals surface area contributed by atoms with Crippen molar-refractivity contribution in [3.63, 3.8) is 0 Å². The van der Waals surface area contributed by atoms with Crippen LogP contribution >= 0.6 is 11.6 Å². The van der Waals surface area contributed by atoms with Crippen LogP contribution in [0.3, 0.4) is 0 Å². The van der Waals surface area contributed by atoms with Crippen molar-refractivity contribution in [2.75, 3.05) is 14.1 Å². The van der Waals surface area contributed by atoms with Gasteiger partial charge in [0, 0.05) is 18.1 Å². The van der Waals surface area contributed by atoms with Gasteiger partial charge in [0.05, 0.1) is 0 Å². The second-order valence-corrected chi connectivity index (χ2v) is 6.88. The van der Waals surface area contributed by atoms with Crippen molar-refractivity contribution in [3.8, 4) is 5.75 Å². The van der Waals surface area contributed by atoms with Gasteiger partial charge in [-0.1, -0.05) is 35.9 Å². The molecule has 1 N–H and O–H groups in total. The molecule has 0 heterocycles. The van der Waals surface area contributed by atoms with Crippen molar-refractivity contribution in [2.24, 2.45) is 0 Å². The summed E-state index contributed by atoms with van der Waals surface area (Å²) in [6.07, 6.45) is -0.576. The van der Waals surface area contributed by atoms with Gasteiger partial charge >= 0.3 is 0 Å². The van der Waals surface area contributed by atoms with Gasteiger partial charge in [-0.25, -0.2) is 0 Å². The third-order valence-electron chi connectivity index (χ3n) is 3.80. The molecule has 1 amide bonds. The molecule has 2 rings (SSSR count). The number of amides is 1. The van der Waals surface area contributed by atoms with Crippen molar-refractivity contribution in [1.29, 1.82) is 0 Å². The van der Waals surface area contributed by atoms with Crippen LogP contribution in [-0.2, 0) is 17.9 Å². The Hall–Kier alpha value is -2.04. The second kappa shape index (κ2) is 8.88. The molecule has 134 valence electrons. The van der Waals surface area contributed by atoms with E-state index in [4.69, 9.17) is 16.3 Å². The Kier molecular flexibility index (Phi) is 6.85. The van der Waals surface area contributed by atoms with E-state index in [1.807, 2.05) is 39.2 Å². The summed E-state index contributed by atoms with van der Waals surface area (Å²) in [7, 11) is 4.08. The fourth-order valence-corrected chi connectivity index (χ4v) is 2.68. The van der Waals surface area contributed by atoms with Gasteiger partial charge < -0.3 is 15.0 Å². The number of hydrogen-bond acceptors (Lipinski definition) is 3. The SMILES string of the molecule is Cc1cc(Cl)ccc1OC(C)C(=O)NCc1ccc(CN(C)C)cc1. The van der Waals surface area contributed by atoms with Crippen LogP contribution in [0, 0.1) is 6.92 Å². The van der Waals surface area contributed by atoms with Crippen LogP contribution in [-0.4, -0.2) is 31.0 Å². The van der Waals surface area contributed by atoms with Crippen LogP contribution in [0.1, 0.15) is 23.6 Å². The lowest BCUT2D eigenvalue weighted by Gasteiger charge is -2.16. The molecular weight excluding hydrogens is 336 g/mol. The zero-order valence-electron chi connectivity index (χ0n) is 15.2. The smallest absolute Gasteiger partial charge is 0.261 e. The molecule has 2 aromatic rings. The quantitative estimate of drug-likeness (QED) is 0.816. The van der Waals surface area contributed by atoms with Gasteiger partial charge in [-0.3, -0.25) is 4.79 Å². The molecule has 0 aliphatic carbocycles. The zero-order chi connectivity index (χ0) is 18.4. The molecule has 0 spiro atoms. The Bertz CT molecular complexity index is 714. The van der Waals surface area contributed by atoms with Gasteiger partial charge in [-0.2, -0.15) is 0 Å². The Balaban J connectivity index is 1.86. The molecule has 25 heavy (non-hydrogen) atoms. The van der Waals surface area contributed by atoms with E-state index in [0.29, 0.717) is 17.3 Å². The van der Waals surface area contributed by atoms with Crippen molar-refractivity contribution >= 4 is 17.5 Å². The molecule has 4 nitrogen and oxygen atoms in total. The zero-order valence-corrected chi connectivity index (χ0v) is 15.9. The number of nitrogens with zero attached hydrogens (tertiary/aromatic N) is 1. The molecule has 0 bridgehead atoms. The minimum atomic E-state index is -0.576. The van der Waals surface area contributed by atoms with Crippen LogP contribution in [0.4, 0.5) is 0 Å². The number of ether oxygens (including phenoxy) is 1. The molecule has 0 aromatic heterocycles. The maximum atomic E-state index is 12.2. The van der Waals surface area contributed by atoms with Gasteiger partial charge in [0.1, 0.15) is 5.75 Å². The van der Waals surface area contributed by atoms with E-state index in [1.54, 1.807) is 19.1 Å². The molecule has 5 heteroatoms. The third kappa shape index (κ3) is 6.07. The minimum absolute atomic E-state index is 0.147. The number of aryl methyl sites for hydroxylation is 1. The monoisotopic (exact) mass is 360 g/mol. The average Bonchev–Trinajstić information content (AvgIpc) is 2.56. The van der Waals surface area contributed by atoms with E-state index < -0.39 is 6.10 Å². The molecular formula is C20H25ClN2O2. The van der Waals surface area contributed by atoms with Gasteiger partial charge in [0.25, 0.3) is 5.91 Å². The molecule has 0 saturated heterocycles. The van der Waals surface area contributed by atoms with Crippen LogP contribution in [0.2, 0.25) is 5.02 Å². The van der Waals surface area contributed by atoms with E-state index >= 15 is 0 Å². The van der Waals surface area contributed by atoms with Crippen LogP contribution in [0.5, 0.6) is 5.75 Å². The Morgan fingerprint density at radius 1 is 1.16 bits per heavy atom. The lowest BCUT2D eigenvalue weighted by Crippen LogP contribution is -2.36. The van der Waals surface area contributed by atoms with Gasteiger partial charge in [-0.15, -0.1) is 0 Å². The van der Waals surface area contributed by atoms with Crippen molar-refractivity contribution in [2.45, 2.75) is 33.0 Å². The Morgan fingerprint density at radius 3 is 2.40 bits per heavy atom. The predicted molar refractivity (Wildman–Crippen MR) is 102 cm³/mol. The first-order valence-electron chi connectivity index (χ1n) is 8.28. The number of halogens is 1. The summed E-state index contributed by atoms with van der Waals surface area (Å²) in [6, 6.07) is 13.6. The first kappa shape index (κ1) is 19.3. The summed E-state index contributed by atoms with van der Waals surface area (Å²) < 4.78 is 5.74. The molecule has 0 aliphatic heterocycles. The molecule has 0 saturated carbocycles. The number of rotatable bonds is 7. The summed E-state index contributed by atoms with van der Waals surface area (Å²) in [5.41, 5.74) is 3.21. The molecule has 0 radical (unpaired) electrons. The summed E-state index contributed by atoms with van der Waals surface area (Å²) in [4.78, 5) is 14.4. The Morgan fingerprint density at radius 2 is 1.80 bits per heavy atom. The van der Waals surface area contributed by atoms with E-state index in [1.165, 1.54) is 5.56 Å². The van der Waals surface area contributed by atoms with Crippen molar-refractivity contribution in [1.82, 2.24) is 10.2 Å². The molecule has 1 unspecified atom stereocenters. The summed E-state index contributed by atoms with van der Waals surface area (Å²) >= 11 is 5.93. The normalized spacial score (nSPS) is 12.1. The van der Waals surface area contributed by atoms with E-state index in [2.05, 4.69) is 22.3 Å². The number of hydrogen-bond donors (Lipinski definition) is 1. The van der Waals surface area contributed by atoms with Gasteiger partial charge in [-0.05, 0) is 62.8 Å². The second-order valence-electron chi connectivity index (χ2n) is 6.44. The third-order valence-corrected chi connectivity index (χ3v) is 4.03. The summed E-state index contributed by atoms with van der Waals surface area (Å²) in [6.45, 7) is 5.02. The first-order chi connectivity index (χ1) is 11.8. The number of carbonyl (C=O) groups is 1. The Labute approximate surface area is 154 Å². The summed E-state index contributed by atoms with van der Waals surface area (Å²) in [5.74, 6) is 0.520. The number of carbonyl (C=O) groups excluding carboxylic acids is 1. The fraction of sp³-hybridized carbons (Fsp3) is 0.350. The van der Waals surface area contributed by atoms with Crippen LogP contribution in [0.15, 0.2) is 42.5 Å². The average molecular weight is 361 g/mol. The van der Waals surface area contributed by atoms with Crippen LogP contribution in [0.25, 0.3) is 0 Å². The van der Waals surface area contributed by atoms with E-state index in [-0.39, 0.29) is 5.91 Å². The van der Waals surface area contributed by atoms with Crippen molar-refractivity contribution in [3.05, 3.63) is 64.2 Å². The molecule has 2 aromatic carbocycles. The van der Waals surface area contributed by atoms with Crippen LogP contribution < -0.4 is 10.1 Å².